The van der Waals surface area contributed by atoms with Crippen LogP contribution >= 0.6 is 15.9 Å². The SMILES string of the molecule is CCN(Cc1cc(Br)ccc1F)C(=O)Cc1ccccc1OC. The number of rotatable bonds is 6. The monoisotopic (exact) mass is 379 g/mol. The smallest absolute Gasteiger partial charge is 0.227 e. The van der Waals surface area contributed by atoms with Crippen molar-refractivity contribution in [3.63, 3.8) is 0 Å². The Morgan fingerprint density at radius 1 is 1.22 bits per heavy atom. The predicted octanol–water partition coefficient (Wildman–Crippen LogP) is 4.19. The molecule has 0 radical (unpaired) electrons. The molecule has 23 heavy (non-hydrogen) atoms. The van der Waals surface area contributed by atoms with Crippen molar-refractivity contribution in [1.82, 2.24) is 4.90 Å². The number of nitrogens with zero attached hydrogens (tertiary/aromatic N) is 1. The van der Waals surface area contributed by atoms with Crippen molar-refractivity contribution >= 4 is 21.8 Å². The Morgan fingerprint density at radius 2 is 1.96 bits per heavy atom. The number of hydrogen-bond acceptors (Lipinski definition) is 2. The highest BCUT2D eigenvalue weighted by Gasteiger charge is 2.16. The number of para-hydroxylation sites is 1. The molecule has 1 amide bonds. The fourth-order valence-corrected chi connectivity index (χ4v) is 2.78. The van der Waals surface area contributed by atoms with Crippen LogP contribution in [0.4, 0.5) is 4.39 Å². The molecule has 122 valence electrons. The maximum Gasteiger partial charge on any atom is 0.227 e. The molecule has 0 N–H and O–H groups in total. The molecule has 0 bridgehead atoms. The number of carbonyl (C=O) groups is 1. The molecule has 0 aromatic heterocycles. The Bertz CT molecular complexity index is 690. The number of amides is 1. The summed E-state index contributed by atoms with van der Waals surface area (Å²) in [6.07, 6.45) is 0.230. The normalized spacial score (nSPS) is 10.4. The second-order valence-electron chi connectivity index (χ2n) is 5.13. The van der Waals surface area contributed by atoms with Crippen molar-refractivity contribution in [1.29, 1.82) is 0 Å². The molecule has 3 nitrogen and oxygen atoms in total. The van der Waals surface area contributed by atoms with Gasteiger partial charge in [-0.05, 0) is 31.2 Å². The highest BCUT2D eigenvalue weighted by Crippen LogP contribution is 2.20. The van der Waals surface area contributed by atoms with E-state index in [9.17, 15) is 9.18 Å². The van der Waals surface area contributed by atoms with Crippen LogP contribution in [0.15, 0.2) is 46.9 Å². The fraction of sp³-hybridized carbons (Fsp3) is 0.278. The van der Waals surface area contributed by atoms with Gasteiger partial charge in [0, 0.05) is 28.7 Å². The molecule has 5 heteroatoms. The van der Waals surface area contributed by atoms with Crippen LogP contribution in [0.1, 0.15) is 18.1 Å². The topological polar surface area (TPSA) is 29.5 Å². The summed E-state index contributed by atoms with van der Waals surface area (Å²) in [5, 5.41) is 0. The molecule has 0 atom stereocenters. The van der Waals surface area contributed by atoms with Crippen molar-refractivity contribution in [2.45, 2.75) is 19.9 Å². The maximum absolute atomic E-state index is 13.9. The largest absolute Gasteiger partial charge is 0.496 e. The lowest BCUT2D eigenvalue weighted by Gasteiger charge is -2.22. The Labute approximate surface area is 144 Å². The number of ether oxygens (including phenoxy) is 1. The minimum Gasteiger partial charge on any atom is -0.496 e. The van der Waals surface area contributed by atoms with Crippen LogP contribution in [-0.2, 0) is 17.8 Å². The van der Waals surface area contributed by atoms with Gasteiger partial charge in [-0.25, -0.2) is 4.39 Å². The van der Waals surface area contributed by atoms with E-state index in [1.54, 1.807) is 24.1 Å². The number of methoxy groups -OCH3 is 1. The maximum atomic E-state index is 13.9. The summed E-state index contributed by atoms with van der Waals surface area (Å²) in [6.45, 7) is 2.64. The van der Waals surface area contributed by atoms with Gasteiger partial charge in [-0.3, -0.25) is 4.79 Å². The highest BCUT2D eigenvalue weighted by atomic mass is 79.9. The summed E-state index contributed by atoms with van der Waals surface area (Å²) in [6, 6.07) is 12.2. The first-order valence-corrected chi connectivity index (χ1v) is 8.18. The molecule has 0 aliphatic rings. The van der Waals surface area contributed by atoms with Gasteiger partial charge in [0.25, 0.3) is 0 Å². The fourth-order valence-electron chi connectivity index (χ4n) is 2.37. The first-order valence-electron chi connectivity index (χ1n) is 7.38. The van der Waals surface area contributed by atoms with Crippen LogP contribution < -0.4 is 4.74 Å². The molecule has 0 saturated heterocycles. The number of halogens is 2. The Morgan fingerprint density at radius 3 is 2.65 bits per heavy atom. The van der Waals surface area contributed by atoms with E-state index in [-0.39, 0.29) is 24.7 Å². The van der Waals surface area contributed by atoms with Crippen LogP contribution in [0, 0.1) is 5.82 Å². The summed E-state index contributed by atoms with van der Waals surface area (Å²) in [5.74, 6) is 0.318. The quantitative estimate of drug-likeness (QED) is 0.752. The summed E-state index contributed by atoms with van der Waals surface area (Å²) in [5.41, 5.74) is 1.32. The van der Waals surface area contributed by atoms with Crippen molar-refractivity contribution in [3.8, 4) is 5.75 Å². The number of benzene rings is 2. The third-order valence-corrected chi connectivity index (χ3v) is 4.13. The van der Waals surface area contributed by atoms with E-state index in [0.29, 0.717) is 17.9 Å². The molecule has 0 unspecified atom stereocenters. The van der Waals surface area contributed by atoms with Gasteiger partial charge in [0.15, 0.2) is 0 Å². The van der Waals surface area contributed by atoms with Gasteiger partial charge in [0.05, 0.1) is 13.5 Å². The van der Waals surface area contributed by atoms with Crippen molar-refractivity contribution in [2.24, 2.45) is 0 Å². The van der Waals surface area contributed by atoms with Gasteiger partial charge in [0.1, 0.15) is 11.6 Å². The lowest BCUT2D eigenvalue weighted by molar-refractivity contribution is -0.130. The molecular weight excluding hydrogens is 361 g/mol. The molecule has 2 aromatic carbocycles. The molecule has 0 heterocycles. The molecule has 0 saturated carbocycles. The van der Waals surface area contributed by atoms with Gasteiger partial charge in [0.2, 0.25) is 5.91 Å². The standard InChI is InChI=1S/C18H19BrFNO2/c1-3-21(12-14-10-15(19)8-9-16(14)20)18(22)11-13-6-4-5-7-17(13)23-2/h4-10H,3,11-12H2,1-2H3. The average Bonchev–Trinajstić information content (AvgIpc) is 2.56. The second-order valence-corrected chi connectivity index (χ2v) is 6.05. The van der Waals surface area contributed by atoms with E-state index in [4.69, 9.17) is 4.74 Å². The summed E-state index contributed by atoms with van der Waals surface area (Å²) < 4.78 is 20.0. The van der Waals surface area contributed by atoms with E-state index in [0.717, 1.165) is 10.0 Å². The van der Waals surface area contributed by atoms with E-state index in [1.165, 1.54) is 6.07 Å². The van der Waals surface area contributed by atoms with E-state index >= 15 is 0 Å². The van der Waals surface area contributed by atoms with Gasteiger partial charge in [-0.15, -0.1) is 0 Å². The summed E-state index contributed by atoms with van der Waals surface area (Å²) in [4.78, 5) is 14.2. The van der Waals surface area contributed by atoms with Crippen LogP contribution in [0.25, 0.3) is 0 Å². The Hall–Kier alpha value is -1.88. The minimum atomic E-state index is -0.309. The highest BCUT2D eigenvalue weighted by molar-refractivity contribution is 9.10. The first kappa shape index (κ1) is 17.5. The molecule has 2 aromatic rings. The molecular formula is C18H19BrFNO2. The van der Waals surface area contributed by atoms with Gasteiger partial charge >= 0.3 is 0 Å². The van der Waals surface area contributed by atoms with Crippen molar-refractivity contribution < 1.29 is 13.9 Å². The third kappa shape index (κ3) is 4.55. The molecule has 2 rings (SSSR count). The lowest BCUT2D eigenvalue weighted by atomic mass is 10.1. The number of likely N-dealkylation sites (N-methyl/N-ethyl adjacent to an activating group) is 1. The zero-order valence-electron chi connectivity index (χ0n) is 13.2. The minimum absolute atomic E-state index is 0.0589. The van der Waals surface area contributed by atoms with Crippen LogP contribution in [0.2, 0.25) is 0 Å². The molecule has 0 fully saturated rings. The zero-order valence-corrected chi connectivity index (χ0v) is 14.8. The zero-order chi connectivity index (χ0) is 16.8. The van der Waals surface area contributed by atoms with E-state index < -0.39 is 0 Å². The van der Waals surface area contributed by atoms with Crippen LogP contribution in [0.5, 0.6) is 5.75 Å². The number of hydrogen-bond donors (Lipinski definition) is 0. The van der Waals surface area contributed by atoms with Crippen LogP contribution in [0.3, 0.4) is 0 Å². The Balaban J connectivity index is 2.14. The number of carbonyl (C=O) groups excluding carboxylic acids is 1. The van der Waals surface area contributed by atoms with E-state index in [1.807, 2.05) is 31.2 Å². The summed E-state index contributed by atoms with van der Waals surface area (Å²) in [7, 11) is 1.58. The molecule has 0 aliphatic carbocycles. The van der Waals surface area contributed by atoms with Crippen LogP contribution in [-0.4, -0.2) is 24.5 Å². The van der Waals surface area contributed by atoms with Crippen molar-refractivity contribution in [2.75, 3.05) is 13.7 Å². The molecule has 0 aliphatic heterocycles. The lowest BCUT2D eigenvalue weighted by Crippen LogP contribution is -2.32. The average molecular weight is 380 g/mol. The van der Waals surface area contributed by atoms with Crippen molar-refractivity contribution in [3.05, 3.63) is 63.9 Å². The van der Waals surface area contributed by atoms with Gasteiger partial charge in [-0.1, -0.05) is 34.1 Å². The van der Waals surface area contributed by atoms with Gasteiger partial charge in [-0.2, -0.15) is 0 Å². The molecule has 0 spiro atoms. The second kappa shape index (κ2) is 8.11. The third-order valence-electron chi connectivity index (χ3n) is 3.64. The summed E-state index contributed by atoms with van der Waals surface area (Å²) >= 11 is 3.33. The van der Waals surface area contributed by atoms with Gasteiger partial charge < -0.3 is 9.64 Å². The van der Waals surface area contributed by atoms with E-state index in [2.05, 4.69) is 15.9 Å². The first-order chi connectivity index (χ1) is 11.0. The predicted molar refractivity (Wildman–Crippen MR) is 91.9 cm³/mol. The Kier molecular flexibility index (Phi) is 6.16.